The van der Waals surface area contributed by atoms with Crippen LogP contribution in [0, 0.1) is 17.8 Å². The zero-order valence-electron chi connectivity index (χ0n) is 65.0. The fourth-order valence-corrected chi connectivity index (χ4v) is 13.9. The normalized spacial score (nSPS) is 14.3. The van der Waals surface area contributed by atoms with Crippen LogP contribution in [0.3, 0.4) is 0 Å². The number of hydrogen-bond donors (Lipinski definition) is 3. The van der Waals surface area contributed by atoms with Crippen molar-refractivity contribution in [2.75, 3.05) is 39.6 Å². The van der Waals surface area contributed by atoms with E-state index in [9.17, 15) is 43.2 Å². The Morgan fingerprint density at radius 1 is 0.293 bits per heavy atom. The summed E-state index contributed by atoms with van der Waals surface area (Å²) in [6.45, 7) is 12.0. The average Bonchev–Trinajstić information content (AvgIpc) is 0.986. The van der Waals surface area contributed by atoms with E-state index >= 15 is 0 Å². The number of phosphoric acid groups is 2. The molecular formula is C80H156O17P2. The van der Waals surface area contributed by atoms with Gasteiger partial charge in [-0.15, -0.1) is 0 Å². The molecule has 0 bridgehead atoms. The number of ether oxygens (including phenoxy) is 4. The number of rotatable bonds is 78. The van der Waals surface area contributed by atoms with Crippen LogP contribution in [0.5, 0.6) is 0 Å². The molecule has 0 amide bonds. The van der Waals surface area contributed by atoms with E-state index in [-0.39, 0.29) is 25.7 Å². The summed E-state index contributed by atoms with van der Waals surface area (Å²) in [5.74, 6) is 0.244. The molecule has 0 aromatic carbocycles. The Morgan fingerprint density at radius 2 is 0.515 bits per heavy atom. The molecule has 0 aliphatic carbocycles. The number of hydrogen-bond acceptors (Lipinski definition) is 15. The molecule has 0 aliphatic rings. The summed E-state index contributed by atoms with van der Waals surface area (Å²) in [7, 11) is -9.92. The maximum Gasteiger partial charge on any atom is 0.472 e. The van der Waals surface area contributed by atoms with Crippen LogP contribution < -0.4 is 0 Å². The zero-order valence-corrected chi connectivity index (χ0v) is 66.8. The number of unbranched alkanes of at least 4 members (excludes halogenated alkanes) is 45. The minimum absolute atomic E-state index is 0.107. The van der Waals surface area contributed by atoms with Crippen molar-refractivity contribution in [2.45, 2.75) is 433 Å². The summed E-state index contributed by atoms with van der Waals surface area (Å²) >= 11 is 0. The number of aliphatic hydroxyl groups excluding tert-OH is 1. The van der Waals surface area contributed by atoms with Crippen molar-refractivity contribution in [3.8, 4) is 0 Å². The molecule has 3 N–H and O–H groups in total. The van der Waals surface area contributed by atoms with Crippen LogP contribution in [-0.2, 0) is 65.4 Å². The van der Waals surface area contributed by atoms with Crippen molar-refractivity contribution in [1.82, 2.24) is 0 Å². The summed E-state index contributed by atoms with van der Waals surface area (Å²) in [5, 5.41) is 10.6. The molecule has 0 rings (SSSR count). The van der Waals surface area contributed by atoms with Gasteiger partial charge in [-0.3, -0.25) is 37.3 Å². The molecule has 0 aliphatic heterocycles. The molecule has 0 aromatic heterocycles. The maximum atomic E-state index is 13.1. The van der Waals surface area contributed by atoms with Gasteiger partial charge in [-0.1, -0.05) is 363 Å². The monoisotopic (exact) mass is 1450 g/mol. The molecule has 0 spiro atoms. The van der Waals surface area contributed by atoms with Crippen molar-refractivity contribution in [1.29, 1.82) is 0 Å². The van der Waals surface area contributed by atoms with Crippen molar-refractivity contribution in [2.24, 2.45) is 17.8 Å². The lowest BCUT2D eigenvalue weighted by molar-refractivity contribution is -0.161. The lowest BCUT2D eigenvalue weighted by atomic mass is 9.99. The fraction of sp³-hybridized carbons (Fsp3) is 0.950. The highest BCUT2D eigenvalue weighted by atomic mass is 31.2. The van der Waals surface area contributed by atoms with Crippen molar-refractivity contribution in [3.63, 3.8) is 0 Å². The summed E-state index contributed by atoms with van der Waals surface area (Å²) in [6.07, 6.45) is 58.2. The zero-order chi connectivity index (χ0) is 73.0. The Morgan fingerprint density at radius 3 is 0.768 bits per heavy atom. The van der Waals surface area contributed by atoms with Crippen LogP contribution >= 0.6 is 15.6 Å². The third-order valence-electron chi connectivity index (χ3n) is 19.0. The molecular weight excluding hydrogens is 1290 g/mol. The smallest absolute Gasteiger partial charge is 0.462 e. The van der Waals surface area contributed by atoms with Gasteiger partial charge in [0.15, 0.2) is 12.2 Å². The predicted molar refractivity (Wildman–Crippen MR) is 405 cm³/mol. The molecule has 99 heavy (non-hydrogen) atoms. The standard InChI is InChI=1S/C80H156O17P2/c1-8-10-11-12-13-14-15-22-26-33-42-49-56-63-79(84)97-76(68-91-78(83)62-55-48-41-36-35-38-45-52-59-72(5)6)70-95-99(88,89)93-66-74(81)65-92-98(86,87)94-69-75(67-90-77(82)61-54-47-40-32-29-28-31-39-46-53-60-73(7)9-2)96-80(85)64-57-50-43-34-27-24-21-19-17-16-18-20-23-25-30-37-44-51-58-71(3)4/h71-76,81H,8-70H2,1-7H3,(H,86,87)(H,88,89)/t73?,74-,75-,76-/m1/s1. The van der Waals surface area contributed by atoms with Crippen LogP contribution in [0.2, 0.25) is 0 Å². The van der Waals surface area contributed by atoms with Crippen LogP contribution in [0.4, 0.5) is 0 Å². The van der Waals surface area contributed by atoms with Crippen LogP contribution in [-0.4, -0.2) is 96.7 Å². The van der Waals surface area contributed by atoms with E-state index in [1.165, 1.54) is 225 Å². The van der Waals surface area contributed by atoms with E-state index in [2.05, 4.69) is 48.5 Å². The van der Waals surface area contributed by atoms with Gasteiger partial charge in [0.25, 0.3) is 0 Å². The Bertz CT molecular complexity index is 1920. The maximum absolute atomic E-state index is 13.1. The van der Waals surface area contributed by atoms with Gasteiger partial charge in [-0.25, -0.2) is 9.13 Å². The molecule has 6 atom stereocenters. The van der Waals surface area contributed by atoms with Crippen LogP contribution in [0.1, 0.15) is 414 Å². The highest BCUT2D eigenvalue weighted by molar-refractivity contribution is 7.47. The lowest BCUT2D eigenvalue weighted by Crippen LogP contribution is -2.30. The van der Waals surface area contributed by atoms with E-state index < -0.39 is 97.5 Å². The summed E-state index contributed by atoms with van der Waals surface area (Å²) < 4.78 is 68.7. The Hall–Kier alpha value is -1.94. The first-order chi connectivity index (χ1) is 47.8. The molecule has 0 aromatic rings. The largest absolute Gasteiger partial charge is 0.472 e. The van der Waals surface area contributed by atoms with Crippen LogP contribution in [0.15, 0.2) is 0 Å². The molecule has 17 nitrogen and oxygen atoms in total. The number of phosphoric ester groups is 2. The highest BCUT2D eigenvalue weighted by Gasteiger charge is 2.30. The second-order valence-corrected chi connectivity index (χ2v) is 32.9. The minimum atomic E-state index is -4.96. The van der Waals surface area contributed by atoms with Crippen molar-refractivity contribution < 1.29 is 80.2 Å². The predicted octanol–water partition coefficient (Wildman–Crippen LogP) is 23.7. The first kappa shape index (κ1) is 97.1. The molecule has 19 heteroatoms. The van der Waals surface area contributed by atoms with E-state index in [0.717, 1.165) is 108 Å². The second-order valence-electron chi connectivity index (χ2n) is 30.0. The van der Waals surface area contributed by atoms with E-state index in [4.69, 9.17) is 37.0 Å². The Labute approximate surface area is 607 Å². The highest BCUT2D eigenvalue weighted by Crippen LogP contribution is 2.45. The second kappa shape index (κ2) is 70.4. The average molecular weight is 1450 g/mol. The number of carbonyl (C=O) groups excluding carboxylic acids is 4. The fourth-order valence-electron chi connectivity index (χ4n) is 12.3. The van der Waals surface area contributed by atoms with Gasteiger partial charge in [0.05, 0.1) is 26.4 Å². The summed E-state index contributed by atoms with van der Waals surface area (Å²) in [6, 6.07) is 0. The summed E-state index contributed by atoms with van der Waals surface area (Å²) in [5.41, 5.74) is 0. The molecule has 0 radical (unpaired) electrons. The molecule has 3 unspecified atom stereocenters. The Kier molecular flexibility index (Phi) is 69.0. The van der Waals surface area contributed by atoms with E-state index in [0.29, 0.717) is 25.7 Å². The van der Waals surface area contributed by atoms with E-state index in [1.807, 2.05) is 0 Å². The van der Waals surface area contributed by atoms with Gasteiger partial charge >= 0.3 is 39.5 Å². The van der Waals surface area contributed by atoms with Gasteiger partial charge in [-0.05, 0) is 43.4 Å². The third kappa shape index (κ3) is 72.8. The number of aliphatic hydroxyl groups is 1. The lowest BCUT2D eigenvalue weighted by Gasteiger charge is -2.21. The van der Waals surface area contributed by atoms with Crippen molar-refractivity contribution >= 4 is 39.5 Å². The van der Waals surface area contributed by atoms with Gasteiger partial charge in [0.2, 0.25) is 0 Å². The molecule has 0 saturated carbocycles. The molecule has 0 fully saturated rings. The third-order valence-corrected chi connectivity index (χ3v) is 20.9. The number of carbonyl (C=O) groups is 4. The minimum Gasteiger partial charge on any atom is -0.462 e. The SMILES string of the molecule is CCCCCCCCCCCCCCCC(=O)O[C@H](COC(=O)CCCCCCCCCCC(C)C)COP(=O)(O)OC[C@H](O)COP(=O)(O)OC[C@@H](COC(=O)CCCCCCCCCCCCC(C)CC)OC(=O)CCCCCCCCCCCCCCCCCCCCC(C)C. The first-order valence-electron chi connectivity index (χ1n) is 41.4. The molecule has 588 valence electrons. The summed E-state index contributed by atoms with van der Waals surface area (Å²) in [4.78, 5) is 73.0. The quantitative estimate of drug-likeness (QED) is 0.0222. The topological polar surface area (TPSA) is 237 Å². The Balaban J connectivity index is 5.23. The molecule has 0 heterocycles. The number of esters is 4. The van der Waals surface area contributed by atoms with Crippen LogP contribution in [0.25, 0.3) is 0 Å². The first-order valence-corrected chi connectivity index (χ1v) is 44.4. The van der Waals surface area contributed by atoms with Crippen molar-refractivity contribution in [3.05, 3.63) is 0 Å². The van der Waals surface area contributed by atoms with Gasteiger partial charge in [0, 0.05) is 25.7 Å². The molecule has 0 saturated heterocycles. The van der Waals surface area contributed by atoms with E-state index in [1.54, 1.807) is 0 Å². The van der Waals surface area contributed by atoms with Gasteiger partial charge in [0.1, 0.15) is 19.3 Å². The van der Waals surface area contributed by atoms with Gasteiger partial charge in [-0.2, -0.15) is 0 Å². The van der Waals surface area contributed by atoms with Gasteiger partial charge < -0.3 is 33.8 Å².